The fourth-order valence-corrected chi connectivity index (χ4v) is 12.7. The lowest BCUT2D eigenvalue weighted by Crippen LogP contribution is -2.64. The van der Waals surface area contributed by atoms with Gasteiger partial charge in [0.2, 0.25) is 65.0 Å². The average Bonchev–Trinajstić information content (AvgIpc) is 0.810. The van der Waals surface area contributed by atoms with Gasteiger partial charge >= 0.3 is 0 Å². The Labute approximate surface area is 567 Å². The number of thioether (sulfide) groups is 1. The lowest BCUT2D eigenvalue weighted by molar-refractivity contribution is -0.157. The van der Waals surface area contributed by atoms with Gasteiger partial charge in [0.25, 0.3) is 0 Å². The van der Waals surface area contributed by atoms with Crippen molar-refractivity contribution in [2.75, 3.05) is 81.5 Å². The van der Waals surface area contributed by atoms with Crippen LogP contribution in [-0.2, 0) is 52.7 Å². The SMILES string of the molecule is CC=CC[C@@H](C)[C@@H](O)[C@H]1C(=O)N[C@@H](CC)C(=O)N(C)[C@H](CSCCCN(C)C)C(=O)N(C)[C@@H](CC(C)(C)O)C(=O)N[C@@H](C(C)C)C(=O)N(C)[C@@H](CC(C)C)C(=O)N[C@@H](C)C(=O)N[C@H](C)C(=O)N(C)[C@@H](CC(C)C)C(=O)N(C)[C@@H](CC(C)C)C(=O)N(C)[C@@H](C(C)C)C(=O)N1C. The first-order valence-electron chi connectivity index (χ1n) is 33.6. The van der Waals surface area contributed by atoms with Gasteiger partial charge < -0.3 is 70.7 Å². The first kappa shape index (κ1) is 86.2. The summed E-state index contributed by atoms with van der Waals surface area (Å²) < 4.78 is 0. The monoisotopic (exact) mass is 1350 g/mol. The molecule has 540 valence electrons. The molecule has 6 N–H and O–H groups in total. The molecular formula is C68H124N12O13S. The van der Waals surface area contributed by atoms with Crippen LogP contribution in [0.5, 0.6) is 0 Å². The molecule has 0 aromatic carbocycles. The highest BCUT2D eigenvalue weighted by molar-refractivity contribution is 7.99. The molecule has 0 spiro atoms. The summed E-state index contributed by atoms with van der Waals surface area (Å²) in [5, 5.41) is 34.7. The molecule has 1 aliphatic rings. The Hall–Kier alpha value is -5.86. The molecular weight excluding hydrogens is 1220 g/mol. The minimum atomic E-state index is -1.66. The second-order valence-corrected chi connectivity index (χ2v) is 30.1. The van der Waals surface area contributed by atoms with Gasteiger partial charge in [0.15, 0.2) is 0 Å². The highest BCUT2D eigenvalue weighted by atomic mass is 32.2. The number of aliphatic hydroxyl groups is 2. The number of likely N-dealkylation sites (N-methyl/N-ethyl adjacent to an activating group) is 7. The topological polar surface area (TPSA) is 302 Å². The maximum atomic E-state index is 15.4. The molecule has 26 heteroatoms. The molecule has 0 aliphatic carbocycles. The molecule has 11 amide bonds. The number of hydrogen-bond donors (Lipinski definition) is 6. The molecule has 0 aromatic heterocycles. The number of hydrogen-bond acceptors (Lipinski definition) is 15. The third-order valence-corrected chi connectivity index (χ3v) is 18.7. The number of amides is 11. The molecule has 1 fully saturated rings. The van der Waals surface area contributed by atoms with Crippen LogP contribution in [0.3, 0.4) is 0 Å². The van der Waals surface area contributed by atoms with E-state index in [-0.39, 0.29) is 62.0 Å². The van der Waals surface area contributed by atoms with Crippen LogP contribution >= 0.6 is 11.8 Å². The number of nitrogens with one attached hydrogen (secondary N) is 4. The van der Waals surface area contributed by atoms with Gasteiger partial charge in [-0.3, -0.25) is 52.7 Å². The Morgan fingerprint density at radius 1 is 0.521 bits per heavy atom. The molecule has 1 saturated heterocycles. The van der Waals surface area contributed by atoms with Crippen molar-refractivity contribution in [3.63, 3.8) is 0 Å². The molecule has 13 atom stereocenters. The average molecular weight is 1350 g/mol. The van der Waals surface area contributed by atoms with Gasteiger partial charge in [-0.15, -0.1) is 0 Å². The van der Waals surface area contributed by atoms with Crippen LogP contribution in [-0.4, -0.2) is 274 Å². The van der Waals surface area contributed by atoms with Gasteiger partial charge in [0.05, 0.1) is 11.7 Å². The van der Waals surface area contributed by atoms with Crippen LogP contribution in [0.25, 0.3) is 0 Å². The fourth-order valence-electron chi connectivity index (χ4n) is 11.7. The smallest absolute Gasteiger partial charge is 0.246 e. The number of carbonyl (C=O) groups is 11. The molecule has 1 rings (SSSR count). The van der Waals surface area contributed by atoms with Crippen molar-refractivity contribution in [2.45, 2.75) is 241 Å². The summed E-state index contributed by atoms with van der Waals surface area (Å²) in [5.74, 6) is -9.67. The summed E-state index contributed by atoms with van der Waals surface area (Å²) in [4.78, 5) is 174. The van der Waals surface area contributed by atoms with E-state index in [4.69, 9.17) is 0 Å². The summed E-state index contributed by atoms with van der Waals surface area (Å²) in [6.07, 6.45) is 3.08. The van der Waals surface area contributed by atoms with Crippen LogP contribution in [0.1, 0.15) is 163 Å². The highest BCUT2D eigenvalue weighted by Gasteiger charge is 2.47. The number of aliphatic hydroxyl groups excluding tert-OH is 1. The summed E-state index contributed by atoms with van der Waals surface area (Å²) in [6, 6.07) is -14.4. The van der Waals surface area contributed by atoms with E-state index >= 15 is 28.8 Å². The minimum absolute atomic E-state index is 0.0239. The summed E-state index contributed by atoms with van der Waals surface area (Å²) >= 11 is 1.39. The van der Waals surface area contributed by atoms with E-state index in [0.717, 1.165) is 16.3 Å². The zero-order valence-corrected chi connectivity index (χ0v) is 62.8. The van der Waals surface area contributed by atoms with E-state index in [2.05, 4.69) is 21.3 Å². The zero-order chi connectivity index (χ0) is 72.9. The Morgan fingerprint density at radius 2 is 0.957 bits per heavy atom. The first-order chi connectivity index (χ1) is 43.3. The Bertz CT molecular complexity index is 2560. The van der Waals surface area contributed by atoms with E-state index in [9.17, 15) is 34.2 Å². The fraction of sp³-hybridized carbons (Fsp3) is 0.809. The van der Waals surface area contributed by atoms with E-state index in [1.807, 2.05) is 60.5 Å². The third-order valence-electron chi connectivity index (χ3n) is 17.6. The Morgan fingerprint density at radius 3 is 1.43 bits per heavy atom. The van der Waals surface area contributed by atoms with Crippen molar-refractivity contribution in [3.8, 4) is 0 Å². The van der Waals surface area contributed by atoms with E-state index in [1.165, 1.54) is 113 Å². The second-order valence-electron chi connectivity index (χ2n) is 28.9. The predicted octanol–water partition coefficient (Wildman–Crippen LogP) is 3.44. The van der Waals surface area contributed by atoms with E-state index < -0.39 is 161 Å². The molecule has 25 nitrogen and oxygen atoms in total. The van der Waals surface area contributed by atoms with Crippen molar-refractivity contribution in [2.24, 2.45) is 35.5 Å². The first-order valence-corrected chi connectivity index (χ1v) is 34.8. The maximum absolute atomic E-state index is 15.4. The molecule has 94 heavy (non-hydrogen) atoms. The van der Waals surface area contributed by atoms with Crippen LogP contribution in [0.4, 0.5) is 0 Å². The van der Waals surface area contributed by atoms with E-state index in [0.29, 0.717) is 12.2 Å². The molecule has 0 aromatic rings. The lowest BCUT2D eigenvalue weighted by atomic mass is 9.91. The lowest BCUT2D eigenvalue weighted by Gasteiger charge is -2.41. The number of nitrogens with zero attached hydrogens (tertiary/aromatic N) is 8. The molecule has 0 radical (unpaired) electrons. The van der Waals surface area contributed by atoms with Crippen molar-refractivity contribution < 1.29 is 63.0 Å². The minimum Gasteiger partial charge on any atom is -0.390 e. The van der Waals surface area contributed by atoms with Gasteiger partial charge in [-0.2, -0.15) is 11.8 Å². The number of allylic oxidation sites excluding steroid dienone is 2. The maximum Gasteiger partial charge on any atom is 0.246 e. The molecule has 0 saturated carbocycles. The van der Waals surface area contributed by atoms with Crippen molar-refractivity contribution in [3.05, 3.63) is 12.2 Å². The molecule has 0 unspecified atom stereocenters. The Kier molecular flexibility index (Phi) is 36.1. The largest absolute Gasteiger partial charge is 0.390 e. The quantitative estimate of drug-likeness (QED) is 0.0709. The molecule has 0 bridgehead atoms. The number of carbonyl (C=O) groups excluding carboxylic acids is 11. The standard InChI is InChI=1S/C68H124N12O13S/c1-27-29-31-44(13)56(81)55-60(85)71-47(28-2)62(87)78(24)52(38-94-33-30-32-73(18)19)65(90)77(23)51(37-68(16,17)93)59(84)72-53(42(9)10)66(91)74(20)48(34-39(3)4)58(83)69-45(14)57(82)70-46(15)61(86)75(21)49(35-40(5)6)63(88)76(22)50(36-41(7)8)64(89)79(25)54(43(11)12)67(92)80(55)26/h27,29,39-56,81,93H,28,30-38H2,1-26H3,(H,69,83)(H,70,82)(H,71,85)(H,72,84)/t44-,45+,46-,47+,48+,49+,50+,51+,52-,53+,54+,55+,56-/m1/s1. The number of rotatable bonds is 21. The Balaban J connectivity index is 4.57. The van der Waals surface area contributed by atoms with Crippen molar-refractivity contribution in [1.29, 1.82) is 0 Å². The van der Waals surface area contributed by atoms with E-state index in [1.54, 1.807) is 60.6 Å². The van der Waals surface area contributed by atoms with Crippen LogP contribution in [0.2, 0.25) is 0 Å². The van der Waals surface area contributed by atoms with Gasteiger partial charge in [-0.1, -0.05) is 95.2 Å². The van der Waals surface area contributed by atoms with Gasteiger partial charge in [-0.25, -0.2) is 0 Å². The van der Waals surface area contributed by atoms with Crippen LogP contribution in [0, 0.1) is 35.5 Å². The molecule has 1 aliphatic heterocycles. The van der Waals surface area contributed by atoms with Crippen molar-refractivity contribution >= 4 is 76.7 Å². The predicted molar refractivity (Wildman–Crippen MR) is 369 cm³/mol. The van der Waals surface area contributed by atoms with Crippen LogP contribution in [0.15, 0.2) is 12.2 Å². The van der Waals surface area contributed by atoms with Crippen LogP contribution < -0.4 is 21.3 Å². The third kappa shape index (κ3) is 25.3. The summed E-state index contributed by atoms with van der Waals surface area (Å²) in [5.41, 5.74) is -1.58. The van der Waals surface area contributed by atoms with Gasteiger partial charge in [0, 0.05) is 61.5 Å². The van der Waals surface area contributed by atoms with Gasteiger partial charge in [0.1, 0.15) is 66.5 Å². The van der Waals surface area contributed by atoms with Crippen molar-refractivity contribution in [1.82, 2.24) is 60.5 Å². The normalized spacial score (nSPS) is 26.5. The molecule has 1 heterocycles. The highest BCUT2D eigenvalue weighted by Crippen LogP contribution is 2.27. The second kappa shape index (κ2) is 39.4. The summed E-state index contributed by atoms with van der Waals surface area (Å²) in [7, 11) is 13.7. The van der Waals surface area contributed by atoms with Gasteiger partial charge in [-0.05, 0) is 135 Å². The summed E-state index contributed by atoms with van der Waals surface area (Å²) in [6.45, 7) is 29.7. The zero-order valence-electron chi connectivity index (χ0n) is 62.0.